The molecule has 2 aromatic carbocycles. The number of amides is 1. The number of hydrogen-bond donors (Lipinski definition) is 3. The molecule has 3 N–H and O–H groups in total. The minimum Gasteiger partial charge on any atom is -0.481 e. The van der Waals surface area contributed by atoms with Crippen LogP contribution in [0.1, 0.15) is 6.92 Å². The number of carbonyl (C=O) groups is 1. The zero-order valence-corrected chi connectivity index (χ0v) is 13.8. The van der Waals surface area contributed by atoms with Crippen molar-refractivity contribution >= 4 is 38.6 Å². The molecule has 7 heteroatoms. The fourth-order valence-corrected chi connectivity index (χ4v) is 2.39. The average molecular weight is 376 g/mol. The SMILES string of the molecule is CC(Oc1ccc(Br)cc1)C(=O)Nc1ccc2[nH]c(=O)[nH]c2c1. The highest BCUT2D eigenvalue weighted by Gasteiger charge is 2.15. The largest absolute Gasteiger partial charge is 0.481 e. The van der Waals surface area contributed by atoms with Crippen molar-refractivity contribution in [3.63, 3.8) is 0 Å². The third-order valence-corrected chi connectivity index (χ3v) is 3.81. The lowest BCUT2D eigenvalue weighted by Crippen LogP contribution is -2.30. The first-order chi connectivity index (χ1) is 11.0. The van der Waals surface area contributed by atoms with Gasteiger partial charge in [0.05, 0.1) is 11.0 Å². The molecule has 1 amide bonds. The molecule has 0 fully saturated rings. The number of fused-ring (bicyclic) bond motifs is 1. The van der Waals surface area contributed by atoms with Crippen LogP contribution in [-0.2, 0) is 4.79 Å². The molecule has 3 rings (SSSR count). The Morgan fingerprint density at radius 2 is 1.83 bits per heavy atom. The van der Waals surface area contributed by atoms with Gasteiger partial charge in [-0.05, 0) is 49.4 Å². The first-order valence-electron chi connectivity index (χ1n) is 6.96. The topological polar surface area (TPSA) is 87.0 Å². The van der Waals surface area contributed by atoms with Gasteiger partial charge in [0.15, 0.2) is 6.10 Å². The predicted octanol–water partition coefficient (Wildman–Crippen LogP) is 3.02. The van der Waals surface area contributed by atoms with E-state index in [1.807, 2.05) is 12.1 Å². The summed E-state index contributed by atoms with van der Waals surface area (Å²) < 4.78 is 6.54. The molecule has 23 heavy (non-hydrogen) atoms. The molecular formula is C16H14BrN3O3. The third kappa shape index (κ3) is 3.62. The van der Waals surface area contributed by atoms with E-state index in [4.69, 9.17) is 4.74 Å². The molecule has 1 unspecified atom stereocenters. The summed E-state index contributed by atoms with van der Waals surface area (Å²) in [5, 5.41) is 2.77. The molecule has 0 aliphatic carbocycles. The molecule has 3 aromatic rings. The maximum atomic E-state index is 12.2. The molecule has 0 bridgehead atoms. The van der Waals surface area contributed by atoms with E-state index >= 15 is 0 Å². The highest BCUT2D eigenvalue weighted by molar-refractivity contribution is 9.10. The van der Waals surface area contributed by atoms with Crippen LogP contribution in [0.25, 0.3) is 11.0 Å². The Balaban J connectivity index is 1.69. The highest BCUT2D eigenvalue weighted by atomic mass is 79.9. The van der Waals surface area contributed by atoms with Gasteiger partial charge in [0.1, 0.15) is 5.75 Å². The number of H-pyrrole nitrogens is 2. The molecule has 0 radical (unpaired) electrons. The molecular weight excluding hydrogens is 362 g/mol. The fourth-order valence-electron chi connectivity index (χ4n) is 2.13. The van der Waals surface area contributed by atoms with Crippen LogP contribution in [0.3, 0.4) is 0 Å². The number of aromatic nitrogens is 2. The Morgan fingerprint density at radius 1 is 1.13 bits per heavy atom. The summed E-state index contributed by atoms with van der Waals surface area (Å²) in [7, 11) is 0. The van der Waals surface area contributed by atoms with Gasteiger partial charge in [-0.15, -0.1) is 0 Å². The van der Waals surface area contributed by atoms with Crippen LogP contribution in [0.5, 0.6) is 5.75 Å². The second-order valence-electron chi connectivity index (χ2n) is 5.04. The lowest BCUT2D eigenvalue weighted by Gasteiger charge is -2.14. The van der Waals surface area contributed by atoms with Crippen LogP contribution in [-0.4, -0.2) is 22.0 Å². The van der Waals surface area contributed by atoms with Crippen LogP contribution in [0, 0.1) is 0 Å². The Hall–Kier alpha value is -2.54. The smallest absolute Gasteiger partial charge is 0.323 e. The minimum atomic E-state index is -0.655. The number of benzene rings is 2. The number of imidazole rings is 1. The summed E-state index contributed by atoms with van der Waals surface area (Å²) in [5.74, 6) is 0.339. The summed E-state index contributed by atoms with van der Waals surface area (Å²) in [4.78, 5) is 28.7. The second kappa shape index (κ2) is 6.29. The number of nitrogens with one attached hydrogen (secondary N) is 3. The normalized spacial score (nSPS) is 12.1. The predicted molar refractivity (Wildman–Crippen MR) is 91.8 cm³/mol. The number of hydrogen-bond acceptors (Lipinski definition) is 3. The van der Waals surface area contributed by atoms with Crippen molar-refractivity contribution in [2.75, 3.05) is 5.32 Å². The number of ether oxygens (including phenoxy) is 1. The molecule has 6 nitrogen and oxygen atoms in total. The fraction of sp³-hybridized carbons (Fsp3) is 0.125. The van der Waals surface area contributed by atoms with Gasteiger partial charge in [-0.2, -0.15) is 0 Å². The van der Waals surface area contributed by atoms with Gasteiger partial charge < -0.3 is 20.0 Å². The standard InChI is InChI=1S/C16H14BrN3O3/c1-9(23-12-5-2-10(17)3-6-12)15(21)18-11-4-7-13-14(8-11)20-16(22)19-13/h2-9H,1H3,(H,18,21)(H2,19,20,22). The van der Waals surface area contributed by atoms with Gasteiger partial charge in [-0.3, -0.25) is 4.79 Å². The van der Waals surface area contributed by atoms with Gasteiger partial charge in [0.25, 0.3) is 5.91 Å². The van der Waals surface area contributed by atoms with Crippen molar-refractivity contribution in [2.45, 2.75) is 13.0 Å². The Morgan fingerprint density at radius 3 is 2.57 bits per heavy atom. The minimum absolute atomic E-state index is 0.273. The molecule has 0 aliphatic rings. The molecule has 0 saturated carbocycles. The van der Waals surface area contributed by atoms with E-state index in [-0.39, 0.29) is 11.6 Å². The number of rotatable bonds is 4. The summed E-state index contributed by atoms with van der Waals surface area (Å²) in [6, 6.07) is 12.4. The van der Waals surface area contributed by atoms with E-state index in [0.717, 1.165) is 4.47 Å². The first kappa shape index (κ1) is 15.4. The van der Waals surface area contributed by atoms with Crippen molar-refractivity contribution in [1.29, 1.82) is 0 Å². The van der Waals surface area contributed by atoms with Gasteiger partial charge in [0, 0.05) is 10.2 Å². The van der Waals surface area contributed by atoms with Crippen molar-refractivity contribution in [3.8, 4) is 5.75 Å². The molecule has 1 atom stereocenters. The van der Waals surface area contributed by atoms with Crippen LogP contribution in [0.2, 0.25) is 0 Å². The molecule has 1 aromatic heterocycles. The van der Waals surface area contributed by atoms with E-state index in [2.05, 4.69) is 31.2 Å². The van der Waals surface area contributed by atoms with Crippen molar-refractivity contribution in [2.24, 2.45) is 0 Å². The van der Waals surface area contributed by atoms with Crippen molar-refractivity contribution in [1.82, 2.24) is 9.97 Å². The van der Waals surface area contributed by atoms with Gasteiger partial charge in [-0.1, -0.05) is 15.9 Å². The van der Waals surface area contributed by atoms with E-state index in [1.165, 1.54) is 0 Å². The van der Waals surface area contributed by atoms with Gasteiger partial charge in [0.2, 0.25) is 0 Å². The monoisotopic (exact) mass is 375 g/mol. The molecule has 0 saturated heterocycles. The molecule has 118 valence electrons. The number of anilines is 1. The Kier molecular flexibility index (Phi) is 4.20. The number of carbonyl (C=O) groups excluding carboxylic acids is 1. The highest BCUT2D eigenvalue weighted by Crippen LogP contribution is 2.18. The number of aromatic amines is 2. The lowest BCUT2D eigenvalue weighted by atomic mass is 10.2. The summed E-state index contributed by atoms with van der Waals surface area (Å²) in [6.45, 7) is 1.67. The summed E-state index contributed by atoms with van der Waals surface area (Å²) in [5.41, 5.74) is 1.63. The van der Waals surface area contributed by atoms with Crippen LogP contribution in [0.4, 0.5) is 5.69 Å². The average Bonchev–Trinajstić information content (AvgIpc) is 2.88. The summed E-state index contributed by atoms with van der Waals surface area (Å²) in [6.07, 6.45) is -0.655. The molecule has 0 aliphatic heterocycles. The lowest BCUT2D eigenvalue weighted by molar-refractivity contribution is -0.122. The molecule has 0 spiro atoms. The first-order valence-corrected chi connectivity index (χ1v) is 7.76. The zero-order valence-electron chi connectivity index (χ0n) is 12.2. The van der Waals surface area contributed by atoms with E-state index < -0.39 is 6.10 Å². The van der Waals surface area contributed by atoms with Gasteiger partial charge in [-0.25, -0.2) is 4.79 Å². The molecule has 1 heterocycles. The van der Waals surface area contributed by atoms with Crippen LogP contribution >= 0.6 is 15.9 Å². The second-order valence-corrected chi connectivity index (χ2v) is 5.96. The van der Waals surface area contributed by atoms with E-state index in [9.17, 15) is 9.59 Å². The van der Waals surface area contributed by atoms with Gasteiger partial charge >= 0.3 is 5.69 Å². The summed E-state index contributed by atoms with van der Waals surface area (Å²) >= 11 is 3.34. The van der Waals surface area contributed by atoms with Crippen molar-refractivity contribution < 1.29 is 9.53 Å². The Labute approximate surface area is 140 Å². The van der Waals surface area contributed by atoms with E-state index in [0.29, 0.717) is 22.5 Å². The maximum absolute atomic E-state index is 12.2. The maximum Gasteiger partial charge on any atom is 0.323 e. The van der Waals surface area contributed by atoms with Crippen molar-refractivity contribution in [3.05, 3.63) is 57.4 Å². The van der Waals surface area contributed by atoms with E-state index in [1.54, 1.807) is 37.3 Å². The van der Waals surface area contributed by atoms with Crippen LogP contribution < -0.4 is 15.7 Å². The number of halogens is 1. The third-order valence-electron chi connectivity index (χ3n) is 3.28. The zero-order chi connectivity index (χ0) is 16.4. The van der Waals surface area contributed by atoms with Crippen LogP contribution in [0.15, 0.2) is 51.7 Å². The quantitative estimate of drug-likeness (QED) is 0.654. The Bertz CT molecular complexity index is 899.